The number of aryl methyl sites for hydroxylation is 1. The van der Waals surface area contributed by atoms with Gasteiger partial charge in [0.15, 0.2) is 0 Å². The molecule has 0 radical (unpaired) electrons. The van der Waals surface area contributed by atoms with E-state index in [-0.39, 0.29) is 0 Å². The number of hydrogen-bond donors (Lipinski definition) is 0. The van der Waals surface area contributed by atoms with Gasteiger partial charge in [-0.1, -0.05) is 101 Å². The van der Waals surface area contributed by atoms with Crippen LogP contribution in [-0.2, 0) is 6.42 Å². The molecule has 3 unspecified atom stereocenters. The lowest BCUT2D eigenvalue weighted by atomic mass is 9.59. The molecule has 168 valence electrons. The molecule has 0 bridgehead atoms. The fourth-order valence-electron chi connectivity index (χ4n) is 6.26. The van der Waals surface area contributed by atoms with Crippen molar-refractivity contribution < 1.29 is 0 Å². The second kappa shape index (κ2) is 11.7. The van der Waals surface area contributed by atoms with Crippen molar-refractivity contribution in [1.29, 1.82) is 0 Å². The lowest BCUT2D eigenvalue weighted by Gasteiger charge is -2.45. The van der Waals surface area contributed by atoms with E-state index in [0.29, 0.717) is 5.41 Å². The Balaban J connectivity index is 1.68. The molecule has 0 saturated heterocycles. The minimum Gasteiger partial charge on any atom is -0.0952 e. The Labute approximate surface area is 192 Å². The molecule has 3 rings (SSSR count). The molecule has 0 aromatic heterocycles. The maximum absolute atomic E-state index is 4.44. The van der Waals surface area contributed by atoms with Crippen LogP contribution in [0.4, 0.5) is 0 Å². The molecule has 0 N–H and O–H groups in total. The standard InChI is InChI=1S/C31H44/c1-5-12-27-22-30(29-14-9-8-10-15-29)24-31(23-27,20-6-2)21-11-13-25(4)28-18-16-26(7-3)17-19-28/h8-10,14-19,27,30H,4-7,11-13,20-24H2,1-3H3. The van der Waals surface area contributed by atoms with Crippen molar-refractivity contribution in [1.82, 2.24) is 0 Å². The first-order chi connectivity index (χ1) is 15.1. The Morgan fingerprint density at radius 1 is 0.903 bits per heavy atom. The van der Waals surface area contributed by atoms with E-state index in [4.69, 9.17) is 0 Å². The Kier molecular flexibility index (Phi) is 9.00. The largest absolute Gasteiger partial charge is 0.0952 e. The summed E-state index contributed by atoms with van der Waals surface area (Å²) in [7, 11) is 0. The summed E-state index contributed by atoms with van der Waals surface area (Å²) < 4.78 is 0. The third-order valence-corrected chi connectivity index (χ3v) is 7.72. The van der Waals surface area contributed by atoms with Gasteiger partial charge in [-0.3, -0.25) is 0 Å². The summed E-state index contributed by atoms with van der Waals surface area (Å²) in [4.78, 5) is 0. The van der Waals surface area contributed by atoms with E-state index in [2.05, 4.69) is 81.9 Å². The van der Waals surface area contributed by atoms with Crippen LogP contribution in [0.1, 0.15) is 108 Å². The molecule has 0 aliphatic heterocycles. The third-order valence-electron chi connectivity index (χ3n) is 7.72. The lowest BCUT2D eigenvalue weighted by molar-refractivity contribution is 0.0894. The zero-order valence-corrected chi connectivity index (χ0v) is 20.3. The maximum atomic E-state index is 4.44. The third kappa shape index (κ3) is 6.58. The Morgan fingerprint density at radius 2 is 1.65 bits per heavy atom. The van der Waals surface area contributed by atoms with E-state index < -0.39 is 0 Å². The molecule has 3 atom stereocenters. The van der Waals surface area contributed by atoms with Gasteiger partial charge >= 0.3 is 0 Å². The summed E-state index contributed by atoms with van der Waals surface area (Å²) in [5, 5.41) is 0. The minimum absolute atomic E-state index is 0.514. The summed E-state index contributed by atoms with van der Waals surface area (Å²) >= 11 is 0. The summed E-state index contributed by atoms with van der Waals surface area (Å²) in [5.41, 5.74) is 6.14. The molecule has 0 amide bonds. The van der Waals surface area contributed by atoms with Gasteiger partial charge in [0.2, 0.25) is 0 Å². The van der Waals surface area contributed by atoms with Crippen LogP contribution in [0.25, 0.3) is 5.57 Å². The molecule has 0 spiro atoms. The normalized spacial score (nSPS) is 23.6. The molecule has 2 aromatic rings. The van der Waals surface area contributed by atoms with Gasteiger partial charge in [0, 0.05) is 0 Å². The molecule has 1 aliphatic rings. The molecule has 2 aromatic carbocycles. The predicted molar refractivity (Wildman–Crippen MR) is 137 cm³/mol. The van der Waals surface area contributed by atoms with Gasteiger partial charge in [-0.25, -0.2) is 0 Å². The Bertz CT molecular complexity index is 785. The molecule has 0 nitrogen and oxygen atoms in total. The van der Waals surface area contributed by atoms with Crippen LogP contribution in [0.15, 0.2) is 61.2 Å². The van der Waals surface area contributed by atoms with Crippen molar-refractivity contribution in [3.8, 4) is 0 Å². The van der Waals surface area contributed by atoms with E-state index in [9.17, 15) is 0 Å². The molecule has 1 fully saturated rings. The van der Waals surface area contributed by atoms with Crippen molar-refractivity contribution in [3.63, 3.8) is 0 Å². The van der Waals surface area contributed by atoms with Gasteiger partial charge in [0.05, 0.1) is 0 Å². The lowest BCUT2D eigenvalue weighted by Crippen LogP contribution is -2.33. The fraction of sp³-hybridized carbons (Fsp3) is 0.548. The van der Waals surface area contributed by atoms with Crippen LogP contribution in [0.2, 0.25) is 0 Å². The van der Waals surface area contributed by atoms with Crippen LogP contribution >= 0.6 is 0 Å². The number of allylic oxidation sites excluding steroid dienone is 1. The first-order valence-corrected chi connectivity index (χ1v) is 12.9. The van der Waals surface area contributed by atoms with Crippen LogP contribution in [0.3, 0.4) is 0 Å². The first-order valence-electron chi connectivity index (χ1n) is 12.9. The summed E-state index contributed by atoms with van der Waals surface area (Å²) in [6.07, 6.45) is 14.5. The van der Waals surface area contributed by atoms with Gasteiger partial charge < -0.3 is 0 Å². The van der Waals surface area contributed by atoms with Gasteiger partial charge in [-0.15, -0.1) is 0 Å². The highest BCUT2D eigenvalue weighted by atomic mass is 14.4. The van der Waals surface area contributed by atoms with Crippen LogP contribution in [0, 0.1) is 11.3 Å². The quantitative estimate of drug-likeness (QED) is 0.342. The summed E-state index contributed by atoms with van der Waals surface area (Å²) in [6.45, 7) is 11.4. The molecule has 31 heavy (non-hydrogen) atoms. The number of benzene rings is 2. The first kappa shape index (κ1) is 23.8. The predicted octanol–water partition coefficient (Wildman–Crippen LogP) is 9.60. The van der Waals surface area contributed by atoms with Crippen molar-refractivity contribution >= 4 is 5.57 Å². The zero-order valence-electron chi connectivity index (χ0n) is 20.3. The van der Waals surface area contributed by atoms with E-state index in [1.54, 1.807) is 5.56 Å². The van der Waals surface area contributed by atoms with Gasteiger partial charge in [-0.05, 0) is 90.9 Å². The average Bonchev–Trinajstić information content (AvgIpc) is 2.80. The highest BCUT2D eigenvalue weighted by molar-refractivity contribution is 5.63. The Morgan fingerprint density at radius 3 is 2.29 bits per heavy atom. The SMILES string of the molecule is C=C(CCCC1(CCC)CC(CCC)CC(c2ccccc2)C1)c1ccc(CC)cc1. The summed E-state index contributed by atoms with van der Waals surface area (Å²) in [5.74, 6) is 1.63. The number of rotatable bonds is 11. The van der Waals surface area contributed by atoms with Crippen molar-refractivity contribution in [2.75, 3.05) is 0 Å². The molecular weight excluding hydrogens is 372 g/mol. The molecular formula is C31H44. The maximum Gasteiger partial charge on any atom is -0.0154 e. The molecule has 1 saturated carbocycles. The Hall–Kier alpha value is -1.82. The van der Waals surface area contributed by atoms with E-state index in [1.165, 1.54) is 74.5 Å². The van der Waals surface area contributed by atoms with Gasteiger partial charge in [-0.2, -0.15) is 0 Å². The van der Waals surface area contributed by atoms with Gasteiger partial charge in [0.1, 0.15) is 0 Å². The van der Waals surface area contributed by atoms with Crippen molar-refractivity contribution in [2.45, 2.75) is 97.3 Å². The molecule has 0 heteroatoms. The van der Waals surface area contributed by atoms with Gasteiger partial charge in [0.25, 0.3) is 0 Å². The zero-order chi connectivity index (χ0) is 22.1. The fourth-order valence-corrected chi connectivity index (χ4v) is 6.26. The molecule has 0 heterocycles. The van der Waals surface area contributed by atoms with E-state index in [0.717, 1.165) is 24.7 Å². The monoisotopic (exact) mass is 416 g/mol. The number of hydrogen-bond acceptors (Lipinski definition) is 0. The second-order valence-electron chi connectivity index (χ2n) is 10.2. The smallest absolute Gasteiger partial charge is 0.0154 e. The van der Waals surface area contributed by atoms with Crippen molar-refractivity contribution in [3.05, 3.63) is 77.9 Å². The van der Waals surface area contributed by atoms with E-state index in [1.807, 2.05) is 0 Å². The second-order valence-corrected chi connectivity index (χ2v) is 10.2. The van der Waals surface area contributed by atoms with Crippen molar-refractivity contribution in [2.24, 2.45) is 11.3 Å². The van der Waals surface area contributed by atoms with Crippen LogP contribution in [0.5, 0.6) is 0 Å². The highest BCUT2D eigenvalue weighted by Crippen LogP contribution is 2.53. The van der Waals surface area contributed by atoms with E-state index >= 15 is 0 Å². The van der Waals surface area contributed by atoms with Crippen LogP contribution < -0.4 is 0 Å². The summed E-state index contributed by atoms with van der Waals surface area (Å²) in [6, 6.07) is 20.4. The topological polar surface area (TPSA) is 0 Å². The highest BCUT2D eigenvalue weighted by Gasteiger charge is 2.39. The van der Waals surface area contributed by atoms with Crippen LogP contribution in [-0.4, -0.2) is 0 Å². The average molecular weight is 417 g/mol. The minimum atomic E-state index is 0.514. The molecule has 1 aliphatic carbocycles.